The Kier molecular flexibility index (Phi) is 8.80. The highest BCUT2D eigenvalue weighted by atomic mass is 79.9. The van der Waals surface area contributed by atoms with Crippen LogP contribution in [0.3, 0.4) is 0 Å². The average molecular weight is 468 g/mol. The van der Waals surface area contributed by atoms with Crippen molar-refractivity contribution < 1.29 is 14.3 Å². The van der Waals surface area contributed by atoms with E-state index in [-0.39, 0.29) is 18.4 Å². The third kappa shape index (κ3) is 6.84. The normalized spacial score (nSPS) is 11.6. The van der Waals surface area contributed by atoms with Gasteiger partial charge in [0.15, 0.2) is 6.61 Å². The summed E-state index contributed by atoms with van der Waals surface area (Å²) in [4.78, 5) is 26.8. The van der Waals surface area contributed by atoms with E-state index in [1.165, 1.54) is 4.90 Å². The number of carbonyl (C=O) groups is 2. The van der Waals surface area contributed by atoms with Crippen molar-refractivity contribution in [1.29, 1.82) is 0 Å². The molecule has 2 rings (SSSR count). The van der Waals surface area contributed by atoms with E-state index < -0.39 is 6.04 Å². The summed E-state index contributed by atoms with van der Waals surface area (Å²) in [5, 5.41) is 3.44. The topological polar surface area (TPSA) is 58.6 Å². The van der Waals surface area contributed by atoms with E-state index in [1.54, 1.807) is 31.2 Å². The zero-order valence-corrected chi connectivity index (χ0v) is 18.3. The SMILES string of the molecule is CCCNC(=O)[C@@H](C)N(Cc1ccc(Br)cc1)C(=O)COc1ccc(Cl)cc1. The van der Waals surface area contributed by atoms with Gasteiger partial charge in [0.25, 0.3) is 5.91 Å². The van der Waals surface area contributed by atoms with Crippen LogP contribution in [0.1, 0.15) is 25.8 Å². The maximum atomic E-state index is 12.9. The van der Waals surface area contributed by atoms with Gasteiger partial charge in [-0.2, -0.15) is 0 Å². The van der Waals surface area contributed by atoms with Crippen molar-refractivity contribution in [3.63, 3.8) is 0 Å². The summed E-state index contributed by atoms with van der Waals surface area (Å²) in [6.45, 7) is 4.44. The zero-order chi connectivity index (χ0) is 20.5. The van der Waals surface area contributed by atoms with Gasteiger partial charge in [0.05, 0.1) is 0 Å². The molecule has 150 valence electrons. The Morgan fingerprint density at radius 2 is 1.79 bits per heavy atom. The third-order valence-electron chi connectivity index (χ3n) is 4.16. The van der Waals surface area contributed by atoms with Crippen LogP contribution in [0.15, 0.2) is 53.0 Å². The minimum atomic E-state index is -0.614. The average Bonchev–Trinajstić information content (AvgIpc) is 2.70. The molecule has 0 aliphatic heterocycles. The first-order chi connectivity index (χ1) is 13.4. The summed E-state index contributed by atoms with van der Waals surface area (Å²) in [6, 6.07) is 13.8. The number of nitrogens with zero attached hydrogens (tertiary/aromatic N) is 1. The molecular formula is C21H24BrClN2O3. The van der Waals surface area contributed by atoms with Crippen LogP contribution in [-0.2, 0) is 16.1 Å². The lowest BCUT2D eigenvalue weighted by Gasteiger charge is -2.28. The molecule has 1 atom stereocenters. The summed E-state index contributed by atoms with van der Waals surface area (Å²) < 4.78 is 6.54. The molecule has 0 saturated carbocycles. The van der Waals surface area contributed by atoms with Gasteiger partial charge in [0.1, 0.15) is 11.8 Å². The monoisotopic (exact) mass is 466 g/mol. The summed E-state index contributed by atoms with van der Waals surface area (Å²) in [5.74, 6) is 0.0975. The van der Waals surface area contributed by atoms with Crippen LogP contribution in [0.25, 0.3) is 0 Å². The molecule has 0 radical (unpaired) electrons. The van der Waals surface area contributed by atoms with Crippen LogP contribution in [-0.4, -0.2) is 35.9 Å². The molecule has 0 saturated heterocycles. The Bertz CT molecular complexity index is 781. The van der Waals surface area contributed by atoms with E-state index in [0.717, 1.165) is 16.5 Å². The predicted molar refractivity (Wildman–Crippen MR) is 114 cm³/mol. The molecule has 2 aromatic carbocycles. The zero-order valence-electron chi connectivity index (χ0n) is 16.0. The predicted octanol–water partition coefficient (Wildman–Crippen LogP) is 4.42. The molecule has 0 aliphatic rings. The maximum absolute atomic E-state index is 12.9. The van der Waals surface area contributed by atoms with Gasteiger partial charge in [0.2, 0.25) is 5.91 Å². The van der Waals surface area contributed by atoms with Gasteiger partial charge in [-0.05, 0) is 55.3 Å². The molecule has 1 N–H and O–H groups in total. The summed E-state index contributed by atoms with van der Waals surface area (Å²) >= 11 is 9.27. The number of nitrogens with one attached hydrogen (secondary N) is 1. The standard InChI is InChI=1S/C21H24BrClN2O3/c1-3-12-24-21(27)15(2)25(13-16-4-6-17(22)7-5-16)20(26)14-28-19-10-8-18(23)9-11-19/h4-11,15H,3,12-14H2,1-2H3,(H,24,27)/t15-/m1/s1. The molecule has 28 heavy (non-hydrogen) atoms. The largest absolute Gasteiger partial charge is 0.484 e. The second kappa shape index (κ2) is 11.1. The Morgan fingerprint density at radius 3 is 2.39 bits per heavy atom. The minimum absolute atomic E-state index is 0.163. The van der Waals surface area contributed by atoms with Crippen molar-refractivity contribution in [1.82, 2.24) is 10.2 Å². The van der Waals surface area contributed by atoms with Crippen molar-refractivity contribution in [2.75, 3.05) is 13.2 Å². The van der Waals surface area contributed by atoms with E-state index in [1.807, 2.05) is 31.2 Å². The third-order valence-corrected chi connectivity index (χ3v) is 4.94. The molecule has 0 aliphatic carbocycles. The van der Waals surface area contributed by atoms with E-state index in [9.17, 15) is 9.59 Å². The second-order valence-electron chi connectivity index (χ2n) is 6.36. The first kappa shape index (κ1) is 22.2. The van der Waals surface area contributed by atoms with Crippen molar-refractivity contribution in [3.8, 4) is 5.75 Å². The summed E-state index contributed by atoms with van der Waals surface area (Å²) in [6.07, 6.45) is 0.832. The van der Waals surface area contributed by atoms with Crippen LogP contribution in [0.2, 0.25) is 5.02 Å². The van der Waals surface area contributed by atoms with Gasteiger partial charge in [0, 0.05) is 22.6 Å². The van der Waals surface area contributed by atoms with Crippen LogP contribution < -0.4 is 10.1 Å². The number of halogens is 2. The molecular weight excluding hydrogens is 444 g/mol. The molecule has 0 fully saturated rings. The van der Waals surface area contributed by atoms with Gasteiger partial charge < -0.3 is 15.0 Å². The molecule has 0 aromatic heterocycles. The fourth-order valence-corrected chi connectivity index (χ4v) is 2.91. The Balaban J connectivity index is 2.10. The van der Waals surface area contributed by atoms with E-state index in [0.29, 0.717) is 23.9 Å². The number of ether oxygens (including phenoxy) is 1. The molecule has 5 nitrogen and oxygen atoms in total. The van der Waals surface area contributed by atoms with Gasteiger partial charge in [-0.25, -0.2) is 0 Å². The Morgan fingerprint density at radius 1 is 1.14 bits per heavy atom. The smallest absolute Gasteiger partial charge is 0.261 e. The number of rotatable bonds is 9. The molecule has 0 heterocycles. The fraction of sp³-hybridized carbons (Fsp3) is 0.333. The highest BCUT2D eigenvalue weighted by Gasteiger charge is 2.26. The van der Waals surface area contributed by atoms with Gasteiger partial charge in [-0.15, -0.1) is 0 Å². The second-order valence-corrected chi connectivity index (χ2v) is 7.71. The van der Waals surface area contributed by atoms with E-state index in [4.69, 9.17) is 16.3 Å². The van der Waals surface area contributed by atoms with Crippen molar-refractivity contribution in [3.05, 3.63) is 63.6 Å². The van der Waals surface area contributed by atoms with Crippen LogP contribution in [0, 0.1) is 0 Å². The number of carbonyl (C=O) groups excluding carboxylic acids is 2. The highest BCUT2D eigenvalue weighted by Crippen LogP contribution is 2.17. The van der Waals surface area contributed by atoms with Crippen molar-refractivity contribution >= 4 is 39.3 Å². The molecule has 0 bridgehead atoms. The van der Waals surface area contributed by atoms with E-state index in [2.05, 4.69) is 21.2 Å². The molecule has 0 spiro atoms. The minimum Gasteiger partial charge on any atom is -0.484 e. The Labute approximate surface area is 179 Å². The first-order valence-corrected chi connectivity index (χ1v) is 10.3. The summed E-state index contributed by atoms with van der Waals surface area (Å²) in [7, 11) is 0. The quantitative estimate of drug-likeness (QED) is 0.594. The number of hydrogen-bond donors (Lipinski definition) is 1. The molecule has 2 aromatic rings. The summed E-state index contributed by atoms with van der Waals surface area (Å²) in [5.41, 5.74) is 0.929. The lowest BCUT2D eigenvalue weighted by molar-refractivity contribution is -0.142. The van der Waals surface area contributed by atoms with Gasteiger partial charge in [-0.1, -0.05) is 46.6 Å². The number of benzene rings is 2. The maximum Gasteiger partial charge on any atom is 0.261 e. The van der Waals surface area contributed by atoms with Crippen LogP contribution in [0.4, 0.5) is 0 Å². The number of amides is 2. The molecule has 2 amide bonds. The lowest BCUT2D eigenvalue weighted by atomic mass is 10.1. The van der Waals surface area contributed by atoms with Crippen LogP contribution in [0.5, 0.6) is 5.75 Å². The first-order valence-electron chi connectivity index (χ1n) is 9.10. The van der Waals surface area contributed by atoms with Crippen LogP contribution >= 0.6 is 27.5 Å². The Hall–Kier alpha value is -2.05. The fourth-order valence-electron chi connectivity index (χ4n) is 2.52. The molecule has 0 unspecified atom stereocenters. The highest BCUT2D eigenvalue weighted by molar-refractivity contribution is 9.10. The van der Waals surface area contributed by atoms with Crippen molar-refractivity contribution in [2.24, 2.45) is 0 Å². The van der Waals surface area contributed by atoms with Gasteiger partial charge in [-0.3, -0.25) is 9.59 Å². The molecule has 7 heteroatoms. The number of hydrogen-bond acceptors (Lipinski definition) is 3. The van der Waals surface area contributed by atoms with Crippen molar-refractivity contribution in [2.45, 2.75) is 32.9 Å². The van der Waals surface area contributed by atoms with Gasteiger partial charge >= 0.3 is 0 Å². The van der Waals surface area contributed by atoms with E-state index >= 15 is 0 Å². The lowest BCUT2D eigenvalue weighted by Crippen LogP contribution is -2.49.